The van der Waals surface area contributed by atoms with Crippen molar-refractivity contribution in [3.05, 3.63) is 82.8 Å². The zero-order valence-electron chi connectivity index (χ0n) is 14.8. The summed E-state index contributed by atoms with van der Waals surface area (Å²) >= 11 is 6.17. The molecular formula is C21H17NO4S2. The molecule has 0 atom stereocenters. The van der Waals surface area contributed by atoms with E-state index in [1.54, 1.807) is 12.2 Å². The number of carbonyl (C=O) groups is 2. The summed E-state index contributed by atoms with van der Waals surface area (Å²) < 4.78 is 6.16. The van der Waals surface area contributed by atoms with Gasteiger partial charge >= 0.3 is 5.97 Å². The number of rotatable bonds is 7. The van der Waals surface area contributed by atoms with E-state index in [1.807, 2.05) is 60.7 Å². The number of para-hydroxylation sites is 1. The van der Waals surface area contributed by atoms with Gasteiger partial charge < -0.3 is 9.84 Å². The molecule has 2 aromatic rings. The van der Waals surface area contributed by atoms with Crippen LogP contribution in [0.5, 0.6) is 5.75 Å². The zero-order valence-corrected chi connectivity index (χ0v) is 16.4. The van der Waals surface area contributed by atoms with Gasteiger partial charge in [-0.05, 0) is 17.7 Å². The number of hydrogen-bond donors (Lipinski definition) is 1. The smallest absolute Gasteiger partial charge is 0.323 e. The highest BCUT2D eigenvalue weighted by atomic mass is 32.2. The van der Waals surface area contributed by atoms with Gasteiger partial charge in [-0.3, -0.25) is 14.5 Å². The largest absolute Gasteiger partial charge is 0.488 e. The molecule has 0 unspecified atom stereocenters. The molecule has 3 rings (SSSR count). The summed E-state index contributed by atoms with van der Waals surface area (Å²) in [5, 5.41) is 8.87. The van der Waals surface area contributed by atoms with Crippen molar-refractivity contribution < 1.29 is 19.4 Å². The molecule has 28 heavy (non-hydrogen) atoms. The minimum atomic E-state index is -1.10. The van der Waals surface area contributed by atoms with Crippen LogP contribution in [0.25, 0.3) is 6.08 Å². The number of hydrogen-bond acceptors (Lipinski definition) is 5. The molecule has 0 radical (unpaired) electrons. The average molecular weight is 412 g/mol. The molecule has 0 aromatic heterocycles. The van der Waals surface area contributed by atoms with Crippen LogP contribution in [0.4, 0.5) is 0 Å². The monoisotopic (exact) mass is 411 g/mol. The van der Waals surface area contributed by atoms with Crippen LogP contribution < -0.4 is 4.74 Å². The van der Waals surface area contributed by atoms with Crippen molar-refractivity contribution in [1.29, 1.82) is 0 Å². The van der Waals surface area contributed by atoms with Gasteiger partial charge in [0.2, 0.25) is 0 Å². The molecule has 1 fully saturated rings. The number of allylic oxidation sites excluding steroid dienone is 2. The Labute approximate surface area is 172 Å². The van der Waals surface area contributed by atoms with Crippen LogP contribution in [0.1, 0.15) is 11.1 Å². The Bertz CT molecular complexity index is 954. The Hall–Kier alpha value is -2.90. The van der Waals surface area contributed by atoms with Gasteiger partial charge in [0, 0.05) is 5.56 Å². The van der Waals surface area contributed by atoms with E-state index in [1.165, 1.54) is 0 Å². The minimum Gasteiger partial charge on any atom is -0.488 e. The molecule has 1 N–H and O–H groups in total. The third-order valence-electron chi connectivity index (χ3n) is 3.85. The second-order valence-electron chi connectivity index (χ2n) is 5.86. The molecule has 1 aliphatic rings. The number of thiocarbonyl (C=S) groups is 1. The summed E-state index contributed by atoms with van der Waals surface area (Å²) in [6.07, 6.45) is 5.21. The molecule has 142 valence electrons. The van der Waals surface area contributed by atoms with Crippen LogP contribution in [0, 0.1) is 0 Å². The molecule has 7 heteroatoms. The number of thioether (sulfide) groups is 1. The second-order valence-corrected chi connectivity index (χ2v) is 7.53. The van der Waals surface area contributed by atoms with Crippen LogP contribution in [0.3, 0.4) is 0 Å². The van der Waals surface area contributed by atoms with Crippen LogP contribution in [0.15, 0.2) is 71.7 Å². The van der Waals surface area contributed by atoms with E-state index in [9.17, 15) is 9.59 Å². The number of benzene rings is 2. The zero-order chi connectivity index (χ0) is 19.9. The fraction of sp³-hybridized carbons (Fsp3) is 0.0952. The summed E-state index contributed by atoms with van der Waals surface area (Å²) in [6.45, 7) is 0.0292. The molecule has 1 heterocycles. The number of amides is 1. The van der Waals surface area contributed by atoms with Crippen LogP contribution in [-0.2, 0) is 16.2 Å². The average Bonchev–Trinajstić information content (AvgIpc) is 2.95. The van der Waals surface area contributed by atoms with E-state index >= 15 is 0 Å². The van der Waals surface area contributed by atoms with Crippen molar-refractivity contribution >= 4 is 46.3 Å². The summed E-state index contributed by atoms with van der Waals surface area (Å²) in [5.41, 5.74) is 1.94. The Balaban J connectivity index is 1.69. The number of carboxylic acids is 1. The van der Waals surface area contributed by atoms with Gasteiger partial charge in [0.25, 0.3) is 5.91 Å². The van der Waals surface area contributed by atoms with Crippen molar-refractivity contribution in [2.24, 2.45) is 0 Å². The molecule has 5 nitrogen and oxygen atoms in total. The van der Waals surface area contributed by atoms with Gasteiger partial charge in [-0.2, -0.15) is 0 Å². The summed E-state index contributed by atoms with van der Waals surface area (Å²) in [5.74, 6) is -0.761. The highest BCUT2D eigenvalue weighted by Crippen LogP contribution is 2.31. The van der Waals surface area contributed by atoms with E-state index in [2.05, 4.69) is 0 Å². The van der Waals surface area contributed by atoms with Crippen LogP contribution in [0.2, 0.25) is 0 Å². The van der Waals surface area contributed by atoms with Gasteiger partial charge in [0.15, 0.2) is 0 Å². The standard InChI is InChI=1S/C21H17NO4S2/c23-19(24)13-22-20(25)18(28-21(22)27)12-6-10-16-9-4-5-11-17(16)26-14-15-7-2-1-3-8-15/h1-12H,13-14H2,(H,23,24). The Kier molecular flexibility index (Phi) is 6.62. The SMILES string of the molecule is O=C(O)CN1C(=O)C(=CC=Cc2ccccc2OCc2ccccc2)SC1=S. The number of carboxylic acid groups (broad SMARTS) is 1. The number of carbonyl (C=O) groups excluding carboxylic acids is 1. The molecule has 2 aromatic carbocycles. The lowest BCUT2D eigenvalue weighted by atomic mass is 10.2. The second kappa shape index (κ2) is 9.34. The topological polar surface area (TPSA) is 66.8 Å². The highest BCUT2D eigenvalue weighted by Gasteiger charge is 2.32. The normalized spacial score (nSPS) is 15.6. The van der Waals surface area contributed by atoms with Crippen molar-refractivity contribution in [3.8, 4) is 5.75 Å². The van der Waals surface area contributed by atoms with E-state index in [0.29, 0.717) is 11.5 Å². The third-order valence-corrected chi connectivity index (χ3v) is 5.24. The van der Waals surface area contributed by atoms with Crippen LogP contribution in [-0.4, -0.2) is 32.7 Å². The van der Waals surface area contributed by atoms with Crippen molar-refractivity contribution in [3.63, 3.8) is 0 Å². The number of nitrogens with zero attached hydrogens (tertiary/aromatic N) is 1. The fourth-order valence-electron chi connectivity index (χ4n) is 2.51. The first-order chi connectivity index (χ1) is 13.5. The van der Waals surface area contributed by atoms with Crippen molar-refractivity contribution in [1.82, 2.24) is 4.90 Å². The highest BCUT2D eigenvalue weighted by molar-refractivity contribution is 8.26. The summed E-state index contributed by atoms with van der Waals surface area (Å²) in [6, 6.07) is 17.5. The lowest BCUT2D eigenvalue weighted by Gasteiger charge is -2.10. The van der Waals surface area contributed by atoms with Gasteiger partial charge in [-0.25, -0.2) is 0 Å². The first-order valence-electron chi connectivity index (χ1n) is 8.44. The number of ether oxygens (including phenoxy) is 1. The predicted molar refractivity (Wildman–Crippen MR) is 114 cm³/mol. The minimum absolute atomic E-state index is 0.249. The Morgan fingerprint density at radius 2 is 1.86 bits per heavy atom. The molecule has 1 saturated heterocycles. The van der Waals surface area contributed by atoms with Crippen molar-refractivity contribution in [2.45, 2.75) is 6.61 Å². The quantitative estimate of drug-likeness (QED) is 0.546. The molecule has 0 aliphatic carbocycles. The summed E-state index contributed by atoms with van der Waals surface area (Å²) in [4.78, 5) is 24.6. The van der Waals surface area contributed by atoms with E-state index in [4.69, 9.17) is 22.1 Å². The van der Waals surface area contributed by atoms with Crippen molar-refractivity contribution in [2.75, 3.05) is 6.54 Å². The molecular weight excluding hydrogens is 394 g/mol. The lowest BCUT2D eigenvalue weighted by Crippen LogP contribution is -2.33. The first kappa shape index (κ1) is 19.9. The van der Waals surface area contributed by atoms with E-state index < -0.39 is 18.4 Å². The first-order valence-corrected chi connectivity index (χ1v) is 9.66. The fourth-order valence-corrected chi connectivity index (χ4v) is 3.72. The van der Waals surface area contributed by atoms with E-state index in [-0.39, 0.29) is 4.32 Å². The van der Waals surface area contributed by atoms with Gasteiger partial charge in [0.05, 0.1) is 4.91 Å². The maximum Gasteiger partial charge on any atom is 0.323 e. The summed E-state index contributed by atoms with van der Waals surface area (Å²) in [7, 11) is 0. The predicted octanol–water partition coefficient (Wildman–Crippen LogP) is 4.11. The molecule has 0 saturated carbocycles. The van der Waals surface area contributed by atoms with Gasteiger partial charge in [0.1, 0.15) is 23.2 Å². The molecule has 0 spiro atoms. The Morgan fingerprint density at radius 1 is 1.14 bits per heavy atom. The maximum atomic E-state index is 12.2. The van der Waals surface area contributed by atoms with Crippen LogP contribution >= 0.6 is 24.0 Å². The number of aliphatic carboxylic acids is 1. The molecule has 1 amide bonds. The lowest BCUT2D eigenvalue weighted by molar-refractivity contribution is -0.140. The third kappa shape index (κ3) is 5.09. The maximum absolute atomic E-state index is 12.2. The Morgan fingerprint density at radius 3 is 2.61 bits per heavy atom. The van der Waals surface area contributed by atoms with Gasteiger partial charge in [-0.15, -0.1) is 0 Å². The molecule has 0 bridgehead atoms. The van der Waals surface area contributed by atoms with E-state index in [0.717, 1.165) is 33.5 Å². The molecule has 1 aliphatic heterocycles. The van der Waals surface area contributed by atoms with Gasteiger partial charge in [-0.1, -0.05) is 84.7 Å².